The molecule has 6 heteroatoms. The van der Waals surface area contributed by atoms with Crippen molar-refractivity contribution in [1.29, 1.82) is 0 Å². The number of nitrogens with two attached hydrogens (primary N) is 1. The fourth-order valence-electron chi connectivity index (χ4n) is 1.65. The minimum absolute atomic E-state index is 0.0953. The molecule has 0 radical (unpaired) electrons. The van der Waals surface area contributed by atoms with Crippen LogP contribution >= 0.6 is 0 Å². The van der Waals surface area contributed by atoms with E-state index in [0.717, 1.165) is 0 Å². The van der Waals surface area contributed by atoms with Crippen LogP contribution in [0.3, 0.4) is 0 Å². The summed E-state index contributed by atoms with van der Waals surface area (Å²) in [5, 5.41) is 0. The predicted molar refractivity (Wildman–Crippen MR) is 67.3 cm³/mol. The fraction of sp³-hybridized carbons (Fsp3) is 0.636. The van der Waals surface area contributed by atoms with Gasteiger partial charge in [0.2, 0.25) is 0 Å². The highest BCUT2D eigenvalue weighted by atomic mass is 16.5. The SMILES string of the molecule is CCn1ccnc(N(C)CC(N)COC)c1=O. The molecule has 0 aliphatic rings. The molecule has 0 aliphatic heterocycles. The van der Waals surface area contributed by atoms with Crippen molar-refractivity contribution in [2.24, 2.45) is 5.73 Å². The van der Waals surface area contributed by atoms with Gasteiger partial charge in [-0.15, -0.1) is 0 Å². The molecule has 1 aromatic heterocycles. The standard InChI is InChI=1S/C11H20N4O2/c1-4-15-6-5-13-10(11(15)16)14(2)7-9(12)8-17-3/h5-6,9H,4,7-8,12H2,1-3H3. The number of likely N-dealkylation sites (N-methyl/N-ethyl adjacent to an activating group) is 1. The molecule has 0 saturated heterocycles. The second-order valence-electron chi connectivity index (χ2n) is 3.94. The third-order valence-electron chi connectivity index (χ3n) is 2.49. The third-order valence-corrected chi connectivity index (χ3v) is 2.49. The number of anilines is 1. The number of aryl methyl sites for hydroxylation is 1. The van der Waals surface area contributed by atoms with Crippen molar-refractivity contribution < 1.29 is 4.74 Å². The van der Waals surface area contributed by atoms with Gasteiger partial charge in [0.1, 0.15) is 0 Å². The van der Waals surface area contributed by atoms with E-state index in [-0.39, 0.29) is 11.6 Å². The van der Waals surface area contributed by atoms with Crippen molar-refractivity contribution in [1.82, 2.24) is 9.55 Å². The zero-order valence-corrected chi connectivity index (χ0v) is 10.6. The number of rotatable bonds is 6. The Bertz CT molecular complexity index is 405. The Kier molecular flexibility index (Phi) is 5.11. The topological polar surface area (TPSA) is 73.4 Å². The molecule has 0 fully saturated rings. The average molecular weight is 240 g/mol. The van der Waals surface area contributed by atoms with Gasteiger partial charge in [0.25, 0.3) is 5.56 Å². The van der Waals surface area contributed by atoms with Gasteiger partial charge < -0.3 is 19.9 Å². The fourth-order valence-corrected chi connectivity index (χ4v) is 1.65. The first kappa shape index (κ1) is 13.7. The molecule has 1 rings (SSSR count). The van der Waals surface area contributed by atoms with Crippen molar-refractivity contribution in [3.63, 3.8) is 0 Å². The first-order chi connectivity index (χ1) is 8.10. The van der Waals surface area contributed by atoms with Crippen molar-refractivity contribution in [3.8, 4) is 0 Å². The maximum atomic E-state index is 12.0. The van der Waals surface area contributed by atoms with E-state index in [9.17, 15) is 4.79 Å². The predicted octanol–water partition coefficient (Wildman–Crippen LogP) is -0.327. The molecular formula is C11H20N4O2. The molecule has 2 N–H and O–H groups in total. The highest BCUT2D eigenvalue weighted by molar-refractivity contribution is 5.34. The molecule has 1 heterocycles. The van der Waals surface area contributed by atoms with Gasteiger partial charge in [-0.05, 0) is 6.92 Å². The van der Waals surface area contributed by atoms with Crippen LogP contribution in [0, 0.1) is 0 Å². The summed E-state index contributed by atoms with van der Waals surface area (Å²) in [5.74, 6) is 0.418. The van der Waals surface area contributed by atoms with Crippen LogP contribution in [0.25, 0.3) is 0 Å². The maximum absolute atomic E-state index is 12.0. The monoisotopic (exact) mass is 240 g/mol. The number of aromatic nitrogens is 2. The zero-order valence-electron chi connectivity index (χ0n) is 10.6. The lowest BCUT2D eigenvalue weighted by molar-refractivity contribution is 0.181. The van der Waals surface area contributed by atoms with Crippen LogP contribution in [0.4, 0.5) is 5.82 Å². The molecular weight excluding hydrogens is 220 g/mol. The minimum Gasteiger partial charge on any atom is -0.383 e. The quantitative estimate of drug-likeness (QED) is 0.737. The summed E-state index contributed by atoms with van der Waals surface area (Å²) in [6.07, 6.45) is 3.30. The first-order valence-electron chi connectivity index (χ1n) is 5.61. The summed E-state index contributed by atoms with van der Waals surface area (Å²) in [5.41, 5.74) is 5.74. The number of ether oxygens (including phenoxy) is 1. The highest BCUT2D eigenvalue weighted by Crippen LogP contribution is 2.01. The Hall–Kier alpha value is -1.40. The molecule has 17 heavy (non-hydrogen) atoms. The molecule has 0 saturated carbocycles. The van der Waals surface area contributed by atoms with Crippen molar-refractivity contribution in [3.05, 3.63) is 22.7 Å². The summed E-state index contributed by atoms with van der Waals surface area (Å²) in [6, 6.07) is -0.138. The normalized spacial score (nSPS) is 12.5. The minimum atomic E-state index is -0.138. The Balaban J connectivity index is 2.82. The van der Waals surface area contributed by atoms with E-state index in [1.165, 1.54) is 0 Å². The van der Waals surface area contributed by atoms with E-state index in [1.807, 2.05) is 6.92 Å². The van der Waals surface area contributed by atoms with Crippen molar-refractivity contribution in [2.75, 3.05) is 32.2 Å². The Labute approximate surface area is 101 Å². The lowest BCUT2D eigenvalue weighted by atomic mass is 10.3. The third kappa shape index (κ3) is 3.54. The number of hydrogen-bond acceptors (Lipinski definition) is 5. The van der Waals surface area contributed by atoms with Gasteiger partial charge in [-0.2, -0.15) is 0 Å². The van der Waals surface area contributed by atoms with Gasteiger partial charge in [-0.1, -0.05) is 0 Å². The van der Waals surface area contributed by atoms with Crippen LogP contribution in [0.2, 0.25) is 0 Å². The van der Waals surface area contributed by atoms with Crippen LogP contribution in [0.15, 0.2) is 17.2 Å². The van der Waals surface area contributed by atoms with Gasteiger partial charge in [-0.25, -0.2) is 4.98 Å². The van der Waals surface area contributed by atoms with Gasteiger partial charge in [-0.3, -0.25) is 4.79 Å². The van der Waals surface area contributed by atoms with Gasteiger partial charge in [0.15, 0.2) is 5.82 Å². The van der Waals surface area contributed by atoms with Gasteiger partial charge in [0.05, 0.1) is 6.61 Å². The molecule has 96 valence electrons. The largest absolute Gasteiger partial charge is 0.383 e. The second-order valence-corrected chi connectivity index (χ2v) is 3.94. The smallest absolute Gasteiger partial charge is 0.293 e. The summed E-state index contributed by atoms with van der Waals surface area (Å²) in [7, 11) is 3.41. The molecule has 1 aromatic rings. The molecule has 0 amide bonds. The molecule has 1 atom stereocenters. The molecule has 6 nitrogen and oxygen atoms in total. The van der Waals surface area contributed by atoms with Crippen LogP contribution in [0.5, 0.6) is 0 Å². The Morgan fingerprint density at radius 1 is 1.65 bits per heavy atom. The zero-order chi connectivity index (χ0) is 12.8. The molecule has 0 bridgehead atoms. The maximum Gasteiger partial charge on any atom is 0.293 e. The van der Waals surface area contributed by atoms with Crippen LogP contribution in [-0.4, -0.2) is 42.9 Å². The highest BCUT2D eigenvalue weighted by Gasteiger charge is 2.12. The van der Waals surface area contributed by atoms with Crippen LogP contribution in [-0.2, 0) is 11.3 Å². The molecule has 0 aliphatic carbocycles. The van der Waals surface area contributed by atoms with Gasteiger partial charge in [0, 0.05) is 45.7 Å². The Morgan fingerprint density at radius 2 is 2.35 bits per heavy atom. The van der Waals surface area contributed by atoms with E-state index in [0.29, 0.717) is 25.5 Å². The van der Waals surface area contributed by atoms with Crippen molar-refractivity contribution in [2.45, 2.75) is 19.5 Å². The second kappa shape index (κ2) is 6.36. The lowest BCUT2D eigenvalue weighted by Gasteiger charge is -2.21. The number of nitrogens with zero attached hydrogens (tertiary/aromatic N) is 3. The van der Waals surface area contributed by atoms with E-state index in [4.69, 9.17) is 10.5 Å². The average Bonchev–Trinajstić information content (AvgIpc) is 2.29. The summed E-state index contributed by atoms with van der Waals surface area (Å²) < 4.78 is 6.57. The van der Waals surface area contributed by atoms with E-state index in [1.54, 1.807) is 36.0 Å². The Morgan fingerprint density at radius 3 is 2.94 bits per heavy atom. The molecule has 0 aromatic carbocycles. The molecule has 1 unspecified atom stereocenters. The first-order valence-corrected chi connectivity index (χ1v) is 5.61. The van der Waals surface area contributed by atoms with Crippen LogP contribution in [0.1, 0.15) is 6.92 Å². The van der Waals surface area contributed by atoms with E-state index < -0.39 is 0 Å². The van der Waals surface area contributed by atoms with E-state index >= 15 is 0 Å². The number of hydrogen-bond donors (Lipinski definition) is 1. The summed E-state index contributed by atoms with van der Waals surface area (Å²) >= 11 is 0. The van der Waals surface area contributed by atoms with E-state index in [2.05, 4.69) is 4.98 Å². The van der Waals surface area contributed by atoms with Crippen molar-refractivity contribution >= 4 is 5.82 Å². The van der Waals surface area contributed by atoms with Crippen LogP contribution < -0.4 is 16.2 Å². The number of methoxy groups -OCH3 is 1. The summed E-state index contributed by atoms with van der Waals surface area (Å²) in [4.78, 5) is 17.8. The molecule has 0 spiro atoms. The van der Waals surface area contributed by atoms with Gasteiger partial charge >= 0.3 is 0 Å². The summed E-state index contributed by atoms with van der Waals surface area (Å²) in [6.45, 7) is 3.54. The lowest BCUT2D eigenvalue weighted by Crippen LogP contribution is -2.41.